The second-order valence-electron chi connectivity index (χ2n) is 4.54. The van der Waals surface area contributed by atoms with Crippen LogP contribution in [0, 0.1) is 0 Å². The molecule has 0 amide bonds. The van der Waals surface area contributed by atoms with Crippen molar-refractivity contribution in [3.05, 3.63) is 53.7 Å². The van der Waals surface area contributed by atoms with Gasteiger partial charge in [-0.3, -0.25) is 0 Å². The van der Waals surface area contributed by atoms with E-state index in [1.807, 2.05) is 36.4 Å². The van der Waals surface area contributed by atoms with Gasteiger partial charge in [0.15, 0.2) is 0 Å². The summed E-state index contributed by atoms with van der Waals surface area (Å²) in [5, 5.41) is 6.19. The van der Waals surface area contributed by atoms with Crippen LogP contribution in [0.4, 0.5) is 17.6 Å². The van der Waals surface area contributed by atoms with Gasteiger partial charge in [-0.1, -0.05) is 0 Å². The van der Waals surface area contributed by atoms with E-state index in [0.717, 1.165) is 17.2 Å². The number of furan rings is 1. The lowest BCUT2D eigenvalue weighted by atomic mass is 10.3. The highest BCUT2D eigenvalue weighted by atomic mass is 35.5. The fourth-order valence-electron chi connectivity index (χ4n) is 1.87. The van der Waals surface area contributed by atoms with Crippen molar-refractivity contribution in [2.24, 2.45) is 0 Å². The van der Waals surface area contributed by atoms with E-state index >= 15 is 0 Å². The van der Waals surface area contributed by atoms with E-state index in [1.54, 1.807) is 13.4 Å². The highest BCUT2D eigenvalue weighted by Crippen LogP contribution is 2.19. The van der Waals surface area contributed by atoms with Crippen molar-refractivity contribution in [1.82, 2.24) is 15.0 Å². The standard InChI is InChI=1S/C15H14ClN5O2/c1-22-11-6-4-10(5-7-11)18-15-20-13(16)19-14(21-15)17-9-12-3-2-8-23-12/h2-8H,9H2,1H3,(H2,17,18,19,20,21). The molecule has 8 heteroatoms. The van der Waals surface area contributed by atoms with E-state index in [2.05, 4.69) is 25.6 Å². The highest BCUT2D eigenvalue weighted by Gasteiger charge is 2.06. The largest absolute Gasteiger partial charge is 0.497 e. The molecule has 2 aromatic heterocycles. The van der Waals surface area contributed by atoms with Gasteiger partial charge < -0.3 is 19.8 Å². The molecule has 0 atom stereocenters. The van der Waals surface area contributed by atoms with Crippen molar-refractivity contribution in [2.45, 2.75) is 6.54 Å². The van der Waals surface area contributed by atoms with Gasteiger partial charge >= 0.3 is 0 Å². The zero-order valence-electron chi connectivity index (χ0n) is 12.3. The molecule has 0 saturated heterocycles. The number of anilines is 3. The van der Waals surface area contributed by atoms with Crippen molar-refractivity contribution >= 4 is 29.2 Å². The molecule has 3 aromatic rings. The summed E-state index contributed by atoms with van der Waals surface area (Å²) in [6, 6.07) is 11.0. The number of aromatic nitrogens is 3. The number of hydrogen-bond donors (Lipinski definition) is 2. The summed E-state index contributed by atoms with van der Waals surface area (Å²) >= 11 is 5.94. The van der Waals surface area contributed by atoms with Crippen LogP contribution in [0.25, 0.3) is 0 Å². The smallest absolute Gasteiger partial charge is 0.233 e. The van der Waals surface area contributed by atoms with Crippen LogP contribution in [-0.4, -0.2) is 22.1 Å². The molecular formula is C15H14ClN5O2. The maximum atomic E-state index is 5.94. The van der Waals surface area contributed by atoms with Crippen molar-refractivity contribution in [3.63, 3.8) is 0 Å². The molecule has 0 radical (unpaired) electrons. The van der Waals surface area contributed by atoms with E-state index in [-0.39, 0.29) is 5.28 Å². The predicted octanol–water partition coefficient (Wildman–Crippen LogP) is 3.48. The minimum absolute atomic E-state index is 0.0953. The van der Waals surface area contributed by atoms with Gasteiger partial charge in [-0.2, -0.15) is 15.0 Å². The SMILES string of the molecule is COc1ccc(Nc2nc(Cl)nc(NCc3ccco3)n2)cc1. The number of nitrogens with zero attached hydrogens (tertiary/aromatic N) is 3. The van der Waals surface area contributed by atoms with E-state index in [4.69, 9.17) is 20.8 Å². The van der Waals surface area contributed by atoms with Crippen molar-refractivity contribution < 1.29 is 9.15 Å². The lowest BCUT2D eigenvalue weighted by Crippen LogP contribution is -2.07. The number of benzene rings is 1. The molecule has 2 N–H and O–H groups in total. The summed E-state index contributed by atoms with van der Waals surface area (Å²) in [6.45, 7) is 0.454. The number of methoxy groups -OCH3 is 1. The Morgan fingerprint density at radius 3 is 2.57 bits per heavy atom. The maximum absolute atomic E-state index is 5.94. The third-order valence-corrected chi connectivity index (χ3v) is 3.12. The average Bonchev–Trinajstić information content (AvgIpc) is 3.07. The van der Waals surface area contributed by atoms with Crippen LogP contribution < -0.4 is 15.4 Å². The Balaban J connectivity index is 1.71. The summed E-state index contributed by atoms with van der Waals surface area (Å²) in [7, 11) is 1.62. The quantitative estimate of drug-likeness (QED) is 0.715. The Bertz CT molecular complexity index is 762. The number of halogens is 1. The normalized spacial score (nSPS) is 10.3. The van der Waals surface area contributed by atoms with Crippen LogP contribution in [0.3, 0.4) is 0 Å². The Kier molecular flexibility index (Phi) is 4.58. The van der Waals surface area contributed by atoms with Gasteiger partial charge in [-0.05, 0) is 48.0 Å². The summed E-state index contributed by atoms with van der Waals surface area (Å²) in [6.07, 6.45) is 1.61. The first-order valence-electron chi connectivity index (χ1n) is 6.82. The van der Waals surface area contributed by atoms with Crippen LogP contribution in [0.5, 0.6) is 5.75 Å². The zero-order valence-corrected chi connectivity index (χ0v) is 13.0. The predicted molar refractivity (Wildman–Crippen MR) is 87.1 cm³/mol. The molecule has 118 valence electrons. The lowest BCUT2D eigenvalue weighted by Gasteiger charge is -2.08. The molecule has 0 spiro atoms. The molecule has 7 nitrogen and oxygen atoms in total. The van der Waals surface area contributed by atoms with Crippen molar-refractivity contribution in [3.8, 4) is 5.75 Å². The first kappa shape index (κ1) is 15.1. The Labute approximate surface area is 137 Å². The summed E-state index contributed by atoms with van der Waals surface area (Å²) in [5.41, 5.74) is 0.810. The zero-order chi connectivity index (χ0) is 16.1. The number of nitrogens with one attached hydrogen (secondary N) is 2. The van der Waals surface area contributed by atoms with Crippen molar-refractivity contribution in [2.75, 3.05) is 17.7 Å². The van der Waals surface area contributed by atoms with Gasteiger partial charge in [0.25, 0.3) is 0 Å². The monoisotopic (exact) mass is 331 g/mol. The Hall–Kier alpha value is -2.80. The van der Waals surface area contributed by atoms with Crippen LogP contribution in [0.1, 0.15) is 5.76 Å². The van der Waals surface area contributed by atoms with Gasteiger partial charge in [0.2, 0.25) is 17.2 Å². The number of hydrogen-bond acceptors (Lipinski definition) is 7. The molecule has 1 aromatic carbocycles. The van der Waals surface area contributed by atoms with Gasteiger partial charge in [-0.25, -0.2) is 0 Å². The fraction of sp³-hybridized carbons (Fsp3) is 0.133. The van der Waals surface area contributed by atoms with Gasteiger partial charge in [0, 0.05) is 5.69 Å². The van der Waals surface area contributed by atoms with Gasteiger partial charge in [0.1, 0.15) is 11.5 Å². The van der Waals surface area contributed by atoms with Crippen LogP contribution in [0.15, 0.2) is 47.1 Å². The molecule has 0 fully saturated rings. The summed E-state index contributed by atoms with van der Waals surface area (Å²) in [4.78, 5) is 12.4. The molecule has 0 aliphatic rings. The van der Waals surface area contributed by atoms with Crippen LogP contribution in [-0.2, 0) is 6.54 Å². The molecule has 0 aliphatic heterocycles. The Morgan fingerprint density at radius 1 is 1.09 bits per heavy atom. The first-order valence-corrected chi connectivity index (χ1v) is 7.19. The van der Waals surface area contributed by atoms with Crippen molar-refractivity contribution in [1.29, 1.82) is 0 Å². The highest BCUT2D eigenvalue weighted by molar-refractivity contribution is 6.28. The Morgan fingerprint density at radius 2 is 1.87 bits per heavy atom. The van der Waals surface area contributed by atoms with E-state index in [9.17, 15) is 0 Å². The molecule has 23 heavy (non-hydrogen) atoms. The molecular weight excluding hydrogens is 318 g/mol. The third kappa shape index (κ3) is 4.10. The molecule has 0 saturated carbocycles. The second kappa shape index (κ2) is 6.97. The molecule has 0 aliphatic carbocycles. The lowest BCUT2D eigenvalue weighted by molar-refractivity contribution is 0.415. The second-order valence-corrected chi connectivity index (χ2v) is 4.88. The van der Waals surface area contributed by atoms with E-state index in [1.165, 1.54) is 0 Å². The minimum Gasteiger partial charge on any atom is -0.497 e. The number of rotatable bonds is 6. The molecule has 0 bridgehead atoms. The fourth-order valence-corrected chi connectivity index (χ4v) is 2.03. The van der Waals surface area contributed by atoms with Gasteiger partial charge in [0.05, 0.1) is 19.9 Å². The van der Waals surface area contributed by atoms with Gasteiger partial charge in [-0.15, -0.1) is 0 Å². The van der Waals surface area contributed by atoms with E-state index in [0.29, 0.717) is 18.4 Å². The maximum Gasteiger partial charge on any atom is 0.233 e. The molecule has 3 rings (SSSR count). The number of ether oxygens (including phenoxy) is 1. The summed E-state index contributed by atoms with van der Waals surface area (Å²) < 4.78 is 10.4. The summed E-state index contributed by atoms with van der Waals surface area (Å²) in [5.74, 6) is 2.24. The minimum atomic E-state index is 0.0953. The average molecular weight is 332 g/mol. The topological polar surface area (TPSA) is 85.1 Å². The third-order valence-electron chi connectivity index (χ3n) is 2.96. The van der Waals surface area contributed by atoms with Crippen LogP contribution in [0.2, 0.25) is 5.28 Å². The van der Waals surface area contributed by atoms with Crippen LogP contribution >= 0.6 is 11.6 Å². The first-order chi connectivity index (χ1) is 11.2. The molecule has 2 heterocycles. The molecule has 0 unspecified atom stereocenters. The van der Waals surface area contributed by atoms with E-state index < -0.39 is 0 Å².